The smallest absolute Gasteiger partial charge is 0.278 e. The van der Waals surface area contributed by atoms with Gasteiger partial charge in [-0.05, 0) is 31.2 Å². The molecule has 2 atom stereocenters. The van der Waals surface area contributed by atoms with Crippen molar-refractivity contribution in [2.45, 2.75) is 13.0 Å². The zero-order chi connectivity index (χ0) is 17.0. The maximum absolute atomic E-state index is 12.9. The van der Waals surface area contributed by atoms with Crippen molar-refractivity contribution in [1.82, 2.24) is 9.78 Å². The predicted molar refractivity (Wildman–Crippen MR) is 86.8 cm³/mol. The van der Waals surface area contributed by atoms with Crippen molar-refractivity contribution in [3.8, 4) is 0 Å². The average molecular weight is 345 g/mol. The van der Waals surface area contributed by atoms with Gasteiger partial charge in [-0.1, -0.05) is 16.8 Å². The van der Waals surface area contributed by atoms with Crippen LogP contribution in [-0.4, -0.2) is 33.4 Å². The van der Waals surface area contributed by atoms with Crippen LogP contribution in [0, 0.1) is 12.8 Å². The summed E-state index contributed by atoms with van der Waals surface area (Å²) in [6.07, 6.45) is 0.839. The van der Waals surface area contributed by atoms with Gasteiger partial charge < -0.3 is 4.84 Å². The van der Waals surface area contributed by atoms with Crippen LogP contribution < -0.4 is 4.90 Å². The Morgan fingerprint density at radius 1 is 1.17 bits per heavy atom. The van der Waals surface area contributed by atoms with Gasteiger partial charge in [-0.25, -0.2) is 4.90 Å². The second-order valence-corrected chi connectivity index (χ2v) is 6.21. The summed E-state index contributed by atoms with van der Waals surface area (Å²) in [4.78, 5) is 31.9. The maximum Gasteiger partial charge on any atom is 0.278 e. The number of aromatic nitrogens is 2. The Labute approximate surface area is 142 Å². The minimum atomic E-state index is -0.928. The highest BCUT2D eigenvalue weighted by Crippen LogP contribution is 2.35. The van der Waals surface area contributed by atoms with Crippen molar-refractivity contribution >= 4 is 34.8 Å². The largest absolute Gasteiger partial charge is 0.381 e. The first-order valence-electron chi connectivity index (χ1n) is 7.35. The minimum absolute atomic E-state index is 0.355. The quantitative estimate of drug-likeness (QED) is 0.777. The topological polar surface area (TPSA) is 76.8 Å². The summed E-state index contributed by atoms with van der Waals surface area (Å²) < 4.78 is 1.64. The van der Waals surface area contributed by atoms with Gasteiger partial charge in [0.05, 0.1) is 11.4 Å². The average Bonchev–Trinajstić information content (AvgIpc) is 3.17. The highest BCUT2D eigenvalue weighted by molar-refractivity contribution is 6.33. The SMILES string of the molecule is Cc1nn(C)cc1C1=NO[C@H]2C(=O)N(c3ccc(Cl)cc3)C(=O)[C@H]12. The lowest BCUT2D eigenvalue weighted by Crippen LogP contribution is -2.33. The number of fused-ring (bicyclic) bond motifs is 1. The number of oxime groups is 1. The molecule has 0 saturated carbocycles. The molecule has 8 heteroatoms. The molecule has 2 amide bonds. The Kier molecular flexibility index (Phi) is 3.21. The van der Waals surface area contributed by atoms with Gasteiger partial charge >= 0.3 is 0 Å². The number of halogens is 1. The molecule has 1 aromatic carbocycles. The maximum atomic E-state index is 12.9. The summed E-state index contributed by atoms with van der Waals surface area (Å²) in [7, 11) is 1.78. The monoisotopic (exact) mass is 344 g/mol. The molecule has 7 nitrogen and oxygen atoms in total. The summed E-state index contributed by atoms with van der Waals surface area (Å²) in [5.41, 5.74) is 2.35. The fourth-order valence-corrected chi connectivity index (χ4v) is 3.22. The van der Waals surface area contributed by atoms with E-state index in [-0.39, 0.29) is 5.91 Å². The lowest BCUT2D eigenvalue weighted by Gasteiger charge is -2.15. The van der Waals surface area contributed by atoms with Crippen LogP contribution in [0.5, 0.6) is 0 Å². The second kappa shape index (κ2) is 5.17. The van der Waals surface area contributed by atoms with E-state index in [0.29, 0.717) is 22.0 Å². The highest BCUT2D eigenvalue weighted by atomic mass is 35.5. The predicted octanol–water partition coefficient (Wildman–Crippen LogP) is 1.67. The molecule has 1 fully saturated rings. The van der Waals surface area contributed by atoms with Gasteiger partial charge in [-0.2, -0.15) is 5.10 Å². The van der Waals surface area contributed by atoms with Gasteiger partial charge in [0.2, 0.25) is 12.0 Å². The molecule has 4 rings (SSSR count). The Balaban J connectivity index is 1.72. The number of aryl methyl sites for hydroxylation is 2. The highest BCUT2D eigenvalue weighted by Gasteiger charge is 2.56. The Bertz CT molecular complexity index is 887. The van der Waals surface area contributed by atoms with Crippen LogP contribution in [0.3, 0.4) is 0 Å². The van der Waals surface area contributed by atoms with Crippen LogP contribution in [0.1, 0.15) is 11.3 Å². The summed E-state index contributed by atoms with van der Waals surface area (Å²) in [6.45, 7) is 1.82. The van der Waals surface area contributed by atoms with Crippen LogP contribution in [-0.2, 0) is 21.5 Å². The number of benzene rings is 1. The molecule has 3 heterocycles. The van der Waals surface area contributed by atoms with Gasteiger partial charge in [0.25, 0.3) is 5.91 Å². The zero-order valence-electron chi connectivity index (χ0n) is 12.9. The Hall–Kier alpha value is -2.67. The summed E-state index contributed by atoms with van der Waals surface area (Å²) in [5.74, 6) is -1.53. The first-order chi connectivity index (χ1) is 11.5. The van der Waals surface area contributed by atoms with E-state index in [1.807, 2.05) is 6.92 Å². The number of nitrogens with zero attached hydrogens (tertiary/aromatic N) is 4. The number of rotatable bonds is 2. The molecule has 0 unspecified atom stereocenters. The normalized spacial score (nSPS) is 22.6. The molecule has 24 heavy (non-hydrogen) atoms. The molecule has 1 saturated heterocycles. The van der Waals surface area contributed by atoms with Crippen LogP contribution in [0.25, 0.3) is 0 Å². The number of hydrogen-bond donors (Lipinski definition) is 0. The molecule has 2 aromatic rings. The molecule has 0 aliphatic carbocycles. The van der Waals surface area contributed by atoms with E-state index in [1.54, 1.807) is 42.2 Å². The molecular formula is C16H13ClN4O3. The van der Waals surface area contributed by atoms with E-state index < -0.39 is 17.9 Å². The first-order valence-corrected chi connectivity index (χ1v) is 7.73. The molecule has 0 bridgehead atoms. The van der Waals surface area contributed by atoms with Crippen LogP contribution in [0.15, 0.2) is 35.6 Å². The van der Waals surface area contributed by atoms with Gasteiger partial charge in [0.15, 0.2) is 0 Å². The van der Waals surface area contributed by atoms with E-state index in [4.69, 9.17) is 16.4 Å². The number of imide groups is 1. The zero-order valence-corrected chi connectivity index (χ0v) is 13.7. The van der Waals surface area contributed by atoms with E-state index in [2.05, 4.69) is 10.3 Å². The fourth-order valence-electron chi connectivity index (χ4n) is 3.10. The van der Waals surface area contributed by atoms with E-state index in [9.17, 15) is 9.59 Å². The third-order valence-electron chi connectivity index (χ3n) is 4.19. The Morgan fingerprint density at radius 3 is 2.50 bits per heavy atom. The third-order valence-corrected chi connectivity index (χ3v) is 4.44. The van der Waals surface area contributed by atoms with Gasteiger partial charge in [0, 0.05) is 23.8 Å². The summed E-state index contributed by atoms with van der Waals surface area (Å²) in [5, 5.41) is 8.77. The molecule has 2 aliphatic rings. The van der Waals surface area contributed by atoms with Crippen molar-refractivity contribution in [3.63, 3.8) is 0 Å². The third kappa shape index (κ3) is 2.05. The van der Waals surface area contributed by atoms with Crippen molar-refractivity contribution < 1.29 is 14.4 Å². The number of carbonyl (C=O) groups is 2. The minimum Gasteiger partial charge on any atom is -0.381 e. The number of carbonyl (C=O) groups excluding carboxylic acids is 2. The lowest BCUT2D eigenvalue weighted by molar-refractivity contribution is -0.126. The van der Waals surface area contributed by atoms with Crippen molar-refractivity contribution in [2.24, 2.45) is 18.1 Å². The van der Waals surface area contributed by atoms with Crippen LogP contribution in [0.2, 0.25) is 5.02 Å². The van der Waals surface area contributed by atoms with Crippen LogP contribution in [0.4, 0.5) is 5.69 Å². The van der Waals surface area contributed by atoms with Gasteiger partial charge in [0.1, 0.15) is 11.6 Å². The van der Waals surface area contributed by atoms with Crippen LogP contribution >= 0.6 is 11.6 Å². The van der Waals surface area contributed by atoms with E-state index in [0.717, 1.165) is 10.6 Å². The fraction of sp³-hybridized carbons (Fsp3) is 0.250. The molecule has 0 radical (unpaired) electrons. The molecule has 1 aromatic heterocycles. The standard InChI is InChI=1S/C16H13ClN4O3/c1-8-11(7-20(2)18-8)13-12-14(24-19-13)16(23)21(15(12)22)10-5-3-9(17)4-6-10/h3-7,12,14H,1-2H3/t12-,14-/m1/s1. The molecule has 122 valence electrons. The van der Waals surface area contributed by atoms with Gasteiger partial charge in [-0.15, -0.1) is 0 Å². The van der Waals surface area contributed by atoms with E-state index in [1.165, 1.54) is 0 Å². The Morgan fingerprint density at radius 2 is 1.88 bits per heavy atom. The first kappa shape index (κ1) is 14.9. The molecule has 0 spiro atoms. The summed E-state index contributed by atoms with van der Waals surface area (Å²) in [6, 6.07) is 6.52. The van der Waals surface area contributed by atoms with E-state index >= 15 is 0 Å². The summed E-state index contributed by atoms with van der Waals surface area (Å²) >= 11 is 5.87. The lowest BCUT2D eigenvalue weighted by atomic mass is 9.94. The van der Waals surface area contributed by atoms with Crippen molar-refractivity contribution in [2.75, 3.05) is 4.90 Å². The molecule has 2 aliphatic heterocycles. The number of amides is 2. The number of hydrogen-bond acceptors (Lipinski definition) is 5. The number of anilines is 1. The van der Waals surface area contributed by atoms with Crippen molar-refractivity contribution in [3.05, 3.63) is 46.7 Å². The van der Waals surface area contributed by atoms with Gasteiger partial charge in [-0.3, -0.25) is 14.3 Å². The molecular weight excluding hydrogens is 332 g/mol. The second-order valence-electron chi connectivity index (χ2n) is 5.77. The molecule has 0 N–H and O–H groups in total. The van der Waals surface area contributed by atoms with Crippen molar-refractivity contribution in [1.29, 1.82) is 0 Å².